The molecule has 162 valence electrons. The van der Waals surface area contributed by atoms with Gasteiger partial charge in [-0.2, -0.15) is 0 Å². The van der Waals surface area contributed by atoms with Crippen LogP contribution in [0.1, 0.15) is 37.2 Å². The zero-order valence-electron chi connectivity index (χ0n) is 17.8. The molecule has 30 heavy (non-hydrogen) atoms. The van der Waals surface area contributed by atoms with Crippen molar-refractivity contribution in [1.29, 1.82) is 0 Å². The molecule has 1 heterocycles. The average Bonchev–Trinajstić information content (AvgIpc) is 2.73. The van der Waals surface area contributed by atoms with Gasteiger partial charge in [-0.1, -0.05) is 29.8 Å². The Balaban J connectivity index is 1.43. The van der Waals surface area contributed by atoms with E-state index in [1.54, 1.807) is 31.1 Å². The minimum absolute atomic E-state index is 0.0537. The highest BCUT2D eigenvalue weighted by Gasteiger charge is 2.31. The molecule has 1 saturated heterocycles. The maximum Gasteiger partial charge on any atom is 0.319 e. The molecule has 0 atom stereocenters. The number of hydrogen-bond acceptors (Lipinski definition) is 4. The fourth-order valence-corrected chi connectivity index (χ4v) is 4.23. The number of urea groups is 1. The standard InChI is InChI=1S/C23H30ClN3O3/c1-25(2)23(30)27-13-11-26(12-14-27)10-4-3-5-20-21(28)15-18(16-22(20)29)17-6-8-19(24)9-7-17/h5-9,18H,3-4,10-16H2,1-2H3. The van der Waals surface area contributed by atoms with Gasteiger partial charge >= 0.3 is 6.03 Å². The van der Waals surface area contributed by atoms with Gasteiger partial charge in [-0.05, 0) is 43.0 Å². The van der Waals surface area contributed by atoms with Crippen molar-refractivity contribution in [2.75, 3.05) is 46.8 Å². The number of allylic oxidation sites excluding steroid dienone is 2. The van der Waals surface area contributed by atoms with E-state index in [9.17, 15) is 14.4 Å². The number of piperazine rings is 1. The maximum atomic E-state index is 12.5. The molecular formula is C23H30ClN3O3. The number of benzene rings is 1. The number of amides is 2. The molecule has 1 aliphatic heterocycles. The van der Waals surface area contributed by atoms with Crippen LogP contribution < -0.4 is 0 Å². The van der Waals surface area contributed by atoms with Gasteiger partial charge in [0, 0.05) is 58.1 Å². The average molecular weight is 432 g/mol. The SMILES string of the molecule is CN(C)C(=O)N1CCN(CCCC=C2C(=O)CC(c3ccc(Cl)cc3)CC2=O)CC1. The van der Waals surface area contributed by atoms with Crippen molar-refractivity contribution in [2.24, 2.45) is 0 Å². The van der Waals surface area contributed by atoms with Gasteiger partial charge in [0.05, 0.1) is 5.57 Å². The lowest BCUT2D eigenvalue weighted by molar-refractivity contribution is -0.124. The lowest BCUT2D eigenvalue weighted by Crippen LogP contribution is -2.51. The number of carbonyl (C=O) groups is 3. The summed E-state index contributed by atoms with van der Waals surface area (Å²) in [6.07, 6.45) is 4.19. The Bertz CT molecular complexity index is 791. The van der Waals surface area contributed by atoms with Crippen LogP contribution in [0.4, 0.5) is 4.79 Å². The van der Waals surface area contributed by atoms with Gasteiger partial charge in [0.1, 0.15) is 0 Å². The molecule has 0 radical (unpaired) electrons. The molecule has 2 fully saturated rings. The number of ketones is 2. The third-order valence-electron chi connectivity index (χ3n) is 5.86. The zero-order chi connectivity index (χ0) is 21.7. The molecule has 1 aliphatic carbocycles. The van der Waals surface area contributed by atoms with Crippen molar-refractivity contribution >= 4 is 29.2 Å². The topological polar surface area (TPSA) is 60.9 Å². The number of nitrogens with zero attached hydrogens (tertiary/aromatic N) is 3. The van der Waals surface area contributed by atoms with E-state index in [1.807, 2.05) is 23.1 Å². The number of Topliss-reactive ketones (excluding diaryl/α,β-unsaturated/α-hetero) is 2. The molecule has 0 unspecified atom stereocenters. The molecule has 0 bridgehead atoms. The Morgan fingerprint density at radius 2 is 1.67 bits per heavy atom. The van der Waals surface area contributed by atoms with Crippen LogP contribution in [0, 0.1) is 0 Å². The first-order valence-corrected chi connectivity index (χ1v) is 10.9. The summed E-state index contributed by atoms with van der Waals surface area (Å²) >= 11 is 5.93. The van der Waals surface area contributed by atoms with E-state index in [0.29, 0.717) is 23.4 Å². The minimum Gasteiger partial charge on any atom is -0.331 e. The van der Waals surface area contributed by atoms with Crippen LogP contribution in [-0.4, -0.2) is 79.1 Å². The first kappa shape index (κ1) is 22.5. The summed E-state index contributed by atoms with van der Waals surface area (Å²) in [7, 11) is 3.54. The highest BCUT2D eigenvalue weighted by Crippen LogP contribution is 2.32. The lowest BCUT2D eigenvalue weighted by atomic mass is 9.79. The van der Waals surface area contributed by atoms with E-state index in [2.05, 4.69) is 4.90 Å². The van der Waals surface area contributed by atoms with Crippen LogP contribution in [0.2, 0.25) is 5.02 Å². The van der Waals surface area contributed by atoms with E-state index in [4.69, 9.17) is 11.6 Å². The predicted molar refractivity (Wildman–Crippen MR) is 118 cm³/mol. The monoisotopic (exact) mass is 431 g/mol. The van der Waals surface area contributed by atoms with Crippen LogP contribution in [0.5, 0.6) is 0 Å². The predicted octanol–water partition coefficient (Wildman–Crippen LogP) is 3.36. The Hall–Kier alpha value is -2.18. The Morgan fingerprint density at radius 3 is 2.23 bits per heavy atom. The summed E-state index contributed by atoms with van der Waals surface area (Å²) in [5, 5.41) is 0.651. The quantitative estimate of drug-likeness (QED) is 0.407. The smallest absolute Gasteiger partial charge is 0.319 e. The fourth-order valence-electron chi connectivity index (χ4n) is 4.10. The highest BCUT2D eigenvalue weighted by atomic mass is 35.5. The number of unbranched alkanes of at least 4 members (excludes halogenated alkanes) is 1. The Morgan fingerprint density at radius 1 is 1.07 bits per heavy atom. The van der Waals surface area contributed by atoms with E-state index in [-0.39, 0.29) is 23.5 Å². The van der Waals surface area contributed by atoms with Crippen molar-refractivity contribution in [2.45, 2.75) is 31.6 Å². The van der Waals surface area contributed by atoms with Gasteiger partial charge in [0.2, 0.25) is 0 Å². The molecule has 2 amide bonds. The third kappa shape index (κ3) is 5.70. The molecule has 2 aliphatic rings. The molecule has 1 aromatic rings. The number of carbonyl (C=O) groups excluding carboxylic acids is 3. The van der Waals surface area contributed by atoms with Crippen LogP contribution in [0.25, 0.3) is 0 Å². The second-order valence-electron chi connectivity index (χ2n) is 8.27. The van der Waals surface area contributed by atoms with Gasteiger partial charge in [-0.25, -0.2) is 4.79 Å². The summed E-state index contributed by atoms with van der Waals surface area (Å²) in [5.41, 5.74) is 1.37. The number of halogens is 1. The van der Waals surface area contributed by atoms with E-state index < -0.39 is 0 Å². The van der Waals surface area contributed by atoms with Gasteiger partial charge < -0.3 is 9.80 Å². The lowest BCUT2D eigenvalue weighted by Gasteiger charge is -2.35. The van der Waals surface area contributed by atoms with Gasteiger partial charge in [-0.15, -0.1) is 0 Å². The van der Waals surface area contributed by atoms with Crippen molar-refractivity contribution in [3.05, 3.63) is 46.5 Å². The van der Waals surface area contributed by atoms with E-state index in [0.717, 1.165) is 51.1 Å². The molecule has 0 N–H and O–H groups in total. The summed E-state index contributed by atoms with van der Waals surface area (Å²) < 4.78 is 0. The second-order valence-corrected chi connectivity index (χ2v) is 8.71. The fraction of sp³-hybridized carbons (Fsp3) is 0.522. The summed E-state index contributed by atoms with van der Waals surface area (Å²) in [6.45, 7) is 4.10. The van der Waals surface area contributed by atoms with Crippen molar-refractivity contribution in [3.63, 3.8) is 0 Å². The maximum absolute atomic E-state index is 12.5. The molecule has 0 aromatic heterocycles. The number of rotatable bonds is 5. The summed E-state index contributed by atoms with van der Waals surface area (Å²) in [4.78, 5) is 42.9. The third-order valence-corrected chi connectivity index (χ3v) is 6.11. The molecule has 1 saturated carbocycles. The van der Waals surface area contributed by atoms with Crippen LogP contribution in [-0.2, 0) is 9.59 Å². The van der Waals surface area contributed by atoms with Gasteiger partial charge in [0.15, 0.2) is 11.6 Å². The molecule has 0 spiro atoms. The Kier molecular flexibility index (Phi) is 7.67. The molecule has 7 heteroatoms. The first-order valence-electron chi connectivity index (χ1n) is 10.6. The molecule has 6 nitrogen and oxygen atoms in total. The van der Waals surface area contributed by atoms with Crippen molar-refractivity contribution < 1.29 is 14.4 Å². The molecule has 3 rings (SSSR count). The normalized spacial score (nSPS) is 20.4. The largest absolute Gasteiger partial charge is 0.331 e. The molecule has 1 aromatic carbocycles. The zero-order valence-corrected chi connectivity index (χ0v) is 18.5. The first-order chi connectivity index (χ1) is 14.3. The van der Waals surface area contributed by atoms with Crippen LogP contribution in [0.3, 0.4) is 0 Å². The highest BCUT2D eigenvalue weighted by molar-refractivity contribution is 6.30. The number of hydrogen-bond donors (Lipinski definition) is 0. The summed E-state index contributed by atoms with van der Waals surface area (Å²) in [6, 6.07) is 7.45. The van der Waals surface area contributed by atoms with E-state index in [1.165, 1.54) is 0 Å². The van der Waals surface area contributed by atoms with Crippen LogP contribution >= 0.6 is 11.6 Å². The Labute approximate surface area is 183 Å². The van der Waals surface area contributed by atoms with E-state index >= 15 is 0 Å². The molecular weight excluding hydrogens is 402 g/mol. The summed E-state index contributed by atoms with van der Waals surface area (Å²) in [5.74, 6) is -0.162. The minimum atomic E-state index is -0.0550. The second kappa shape index (κ2) is 10.2. The van der Waals surface area contributed by atoms with Crippen molar-refractivity contribution in [3.8, 4) is 0 Å². The van der Waals surface area contributed by atoms with Gasteiger partial charge in [0.25, 0.3) is 0 Å². The van der Waals surface area contributed by atoms with Gasteiger partial charge in [-0.3, -0.25) is 14.5 Å². The van der Waals surface area contributed by atoms with Crippen LogP contribution in [0.15, 0.2) is 35.9 Å². The van der Waals surface area contributed by atoms with Crippen molar-refractivity contribution in [1.82, 2.24) is 14.7 Å².